The lowest BCUT2D eigenvalue weighted by molar-refractivity contribution is 0.0963. The van der Waals surface area contributed by atoms with Gasteiger partial charge >= 0.3 is 0 Å². The number of nitrogen functional groups attached to an aromatic ring is 1. The van der Waals surface area contributed by atoms with Gasteiger partial charge in [-0.15, -0.1) is 0 Å². The normalized spacial score (nSPS) is 11.9. The van der Waals surface area contributed by atoms with Gasteiger partial charge in [0.25, 0.3) is 5.91 Å². The smallest absolute Gasteiger partial charge is 0.251 e. The van der Waals surface area contributed by atoms with Gasteiger partial charge in [-0.3, -0.25) is 4.79 Å². The Balaban J connectivity index is 2.55. The maximum Gasteiger partial charge on any atom is 0.251 e. The summed E-state index contributed by atoms with van der Waals surface area (Å²) in [6, 6.07) is 5.18. The molecule has 1 atom stereocenters. The van der Waals surface area contributed by atoms with Crippen molar-refractivity contribution in [1.82, 2.24) is 5.32 Å². The quantitative estimate of drug-likeness (QED) is 0.444. The van der Waals surface area contributed by atoms with Crippen LogP contribution in [-0.4, -0.2) is 31.2 Å². The van der Waals surface area contributed by atoms with E-state index >= 15 is 0 Å². The van der Waals surface area contributed by atoms with Gasteiger partial charge in [-0.25, -0.2) is 0 Å². The van der Waals surface area contributed by atoms with Crippen LogP contribution in [0.25, 0.3) is 0 Å². The zero-order valence-corrected chi connectivity index (χ0v) is 11.6. The lowest BCUT2D eigenvalue weighted by Gasteiger charge is -2.12. The van der Waals surface area contributed by atoms with Crippen molar-refractivity contribution in [3.05, 3.63) is 23.8 Å². The molecule has 5 N–H and O–H groups in total. The highest BCUT2D eigenvalue weighted by Crippen LogP contribution is 2.20. The summed E-state index contributed by atoms with van der Waals surface area (Å²) in [5.74, 6) is 0.188. The average Bonchev–Trinajstić information content (AvgIpc) is 2.44. The van der Waals surface area contributed by atoms with E-state index in [2.05, 4.69) is 10.6 Å². The minimum absolute atomic E-state index is 0.128. The van der Waals surface area contributed by atoms with Gasteiger partial charge in [0.2, 0.25) is 0 Å². The summed E-state index contributed by atoms with van der Waals surface area (Å²) in [6.07, 6.45) is 1.91. The van der Waals surface area contributed by atoms with E-state index in [9.17, 15) is 4.79 Å². The fourth-order valence-electron chi connectivity index (χ4n) is 1.76. The maximum atomic E-state index is 11.5. The molecule has 1 unspecified atom stereocenters. The number of hydrogen-bond donors (Lipinski definition) is 4. The second-order valence-corrected chi connectivity index (χ2v) is 4.74. The van der Waals surface area contributed by atoms with E-state index in [4.69, 9.17) is 10.8 Å². The molecule has 0 spiro atoms. The number of anilines is 2. The van der Waals surface area contributed by atoms with Crippen LogP contribution < -0.4 is 16.4 Å². The first kappa shape index (κ1) is 15.3. The van der Waals surface area contributed by atoms with Crippen LogP contribution in [0.15, 0.2) is 18.2 Å². The topological polar surface area (TPSA) is 87.4 Å². The molecule has 5 heteroatoms. The summed E-state index contributed by atoms with van der Waals surface area (Å²) in [6.45, 7) is 3.00. The molecule has 0 fully saturated rings. The van der Waals surface area contributed by atoms with E-state index in [1.54, 1.807) is 25.2 Å². The van der Waals surface area contributed by atoms with Crippen molar-refractivity contribution < 1.29 is 9.90 Å². The first-order valence-corrected chi connectivity index (χ1v) is 6.54. The minimum atomic E-state index is -0.128. The number of carbonyl (C=O) groups excluding carboxylic acids is 1. The number of aliphatic hydroxyl groups is 1. The number of hydrogen-bond acceptors (Lipinski definition) is 4. The van der Waals surface area contributed by atoms with Gasteiger partial charge in [0.05, 0.1) is 11.4 Å². The van der Waals surface area contributed by atoms with Crippen molar-refractivity contribution in [2.75, 3.05) is 31.2 Å². The van der Waals surface area contributed by atoms with E-state index in [0.717, 1.165) is 25.1 Å². The largest absolute Gasteiger partial charge is 0.397 e. The van der Waals surface area contributed by atoms with Gasteiger partial charge < -0.3 is 21.5 Å². The van der Waals surface area contributed by atoms with E-state index in [1.165, 1.54) is 0 Å². The van der Waals surface area contributed by atoms with Crippen molar-refractivity contribution >= 4 is 17.3 Å². The Bertz CT molecular complexity index is 421. The molecule has 19 heavy (non-hydrogen) atoms. The maximum absolute atomic E-state index is 11.5. The number of nitrogens with one attached hydrogen (secondary N) is 2. The zero-order chi connectivity index (χ0) is 14.3. The molecular formula is C14H23N3O2. The molecule has 5 nitrogen and oxygen atoms in total. The second-order valence-electron chi connectivity index (χ2n) is 4.74. The van der Waals surface area contributed by atoms with Crippen LogP contribution in [0.4, 0.5) is 11.4 Å². The molecule has 0 aliphatic carbocycles. The van der Waals surface area contributed by atoms with Crippen molar-refractivity contribution in [2.45, 2.75) is 19.8 Å². The Hall–Kier alpha value is -1.75. The van der Waals surface area contributed by atoms with Crippen LogP contribution in [0.1, 0.15) is 30.1 Å². The minimum Gasteiger partial charge on any atom is -0.397 e. The van der Waals surface area contributed by atoms with Crippen molar-refractivity contribution in [1.29, 1.82) is 0 Å². The number of nitrogens with two attached hydrogens (primary N) is 1. The predicted molar refractivity (Wildman–Crippen MR) is 78.2 cm³/mol. The van der Waals surface area contributed by atoms with Crippen molar-refractivity contribution in [2.24, 2.45) is 5.92 Å². The summed E-state index contributed by atoms with van der Waals surface area (Å²) in [4.78, 5) is 11.5. The molecule has 0 heterocycles. The van der Waals surface area contributed by atoms with E-state index in [-0.39, 0.29) is 12.5 Å². The number of amides is 1. The first-order chi connectivity index (χ1) is 9.08. The Labute approximate surface area is 114 Å². The highest BCUT2D eigenvalue weighted by atomic mass is 16.3. The van der Waals surface area contributed by atoms with Gasteiger partial charge in [0.1, 0.15) is 0 Å². The molecule has 1 aromatic carbocycles. The molecule has 1 amide bonds. The standard InChI is InChI=1S/C14H23N3O2/c1-10(9-18)4-3-7-17-13-8-11(14(19)16-2)5-6-12(13)15/h5-6,8,10,17-18H,3-4,7,9,15H2,1-2H3,(H,16,19). The summed E-state index contributed by atoms with van der Waals surface area (Å²) < 4.78 is 0. The predicted octanol–water partition coefficient (Wildman–Crippen LogP) is 1.45. The monoisotopic (exact) mass is 265 g/mol. The van der Waals surface area contributed by atoms with E-state index in [1.807, 2.05) is 6.92 Å². The fraction of sp³-hybridized carbons (Fsp3) is 0.500. The molecule has 0 bridgehead atoms. The summed E-state index contributed by atoms with van der Waals surface area (Å²) >= 11 is 0. The number of benzene rings is 1. The van der Waals surface area contributed by atoms with Gasteiger partial charge in [-0.2, -0.15) is 0 Å². The van der Waals surface area contributed by atoms with Crippen molar-refractivity contribution in [3.8, 4) is 0 Å². The third-order valence-electron chi connectivity index (χ3n) is 3.04. The van der Waals surface area contributed by atoms with Gasteiger partial charge in [-0.1, -0.05) is 6.92 Å². The first-order valence-electron chi connectivity index (χ1n) is 6.54. The fourth-order valence-corrected chi connectivity index (χ4v) is 1.76. The lowest BCUT2D eigenvalue weighted by atomic mass is 10.1. The van der Waals surface area contributed by atoms with E-state index < -0.39 is 0 Å². The zero-order valence-electron chi connectivity index (χ0n) is 11.6. The van der Waals surface area contributed by atoms with Crippen LogP contribution in [-0.2, 0) is 0 Å². The average molecular weight is 265 g/mol. The van der Waals surface area contributed by atoms with Gasteiger partial charge in [0, 0.05) is 25.8 Å². The Morgan fingerprint density at radius 3 is 2.84 bits per heavy atom. The van der Waals surface area contributed by atoms with Gasteiger partial charge in [-0.05, 0) is 37.0 Å². The van der Waals surface area contributed by atoms with Crippen molar-refractivity contribution in [3.63, 3.8) is 0 Å². The van der Waals surface area contributed by atoms with Crippen LogP contribution in [0, 0.1) is 5.92 Å². The molecule has 0 radical (unpaired) electrons. The Morgan fingerprint density at radius 1 is 1.47 bits per heavy atom. The molecule has 0 saturated heterocycles. The molecule has 0 aliphatic heterocycles. The molecule has 1 aromatic rings. The van der Waals surface area contributed by atoms with Crippen LogP contribution >= 0.6 is 0 Å². The van der Waals surface area contributed by atoms with Gasteiger partial charge in [0.15, 0.2) is 0 Å². The summed E-state index contributed by atoms with van der Waals surface area (Å²) in [7, 11) is 1.60. The molecule has 0 aromatic heterocycles. The highest BCUT2D eigenvalue weighted by molar-refractivity contribution is 5.96. The van der Waals surface area contributed by atoms with Crippen LogP contribution in [0.3, 0.4) is 0 Å². The molecule has 0 saturated carbocycles. The molecule has 106 valence electrons. The highest BCUT2D eigenvalue weighted by Gasteiger charge is 2.06. The molecule has 1 rings (SSSR count). The van der Waals surface area contributed by atoms with E-state index in [0.29, 0.717) is 17.2 Å². The Kier molecular flexibility index (Phi) is 6.15. The summed E-state index contributed by atoms with van der Waals surface area (Å²) in [5.41, 5.74) is 7.85. The molecule has 0 aliphatic rings. The number of rotatable bonds is 7. The SMILES string of the molecule is CNC(=O)c1ccc(N)c(NCCCC(C)CO)c1. The molecular weight excluding hydrogens is 242 g/mol. The Morgan fingerprint density at radius 2 is 2.21 bits per heavy atom. The third-order valence-corrected chi connectivity index (χ3v) is 3.04. The number of carbonyl (C=O) groups is 1. The summed E-state index contributed by atoms with van der Waals surface area (Å²) in [5, 5.41) is 14.7. The van der Waals surface area contributed by atoms with Crippen LogP contribution in [0.5, 0.6) is 0 Å². The third kappa shape index (κ3) is 4.79. The second kappa shape index (κ2) is 7.63. The van der Waals surface area contributed by atoms with Crippen LogP contribution in [0.2, 0.25) is 0 Å². The number of aliphatic hydroxyl groups excluding tert-OH is 1. The lowest BCUT2D eigenvalue weighted by Crippen LogP contribution is -2.18.